The van der Waals surface area contributed by atoms with E-state index >= 15 is 0 Å². The van der Waals surface area contributed by atoms with E-state index in [2.05, 4.69) is 15.6 Å². The zero-order valence-corrected chi connectivity index (χ0v) is 20.8. The fraction of sp³-hybridized carbons (Fsp3) is 0.174. The van der Waals surface area contributed by atoms with Crippen LogP contribution in [0.4, 0.5) is 11.6 Å². The van der Waals surface area contributed by atoms with Crippen LogP contribution in [-0.4, -0.2) is 41.7 Å². The average Bonchev–Trinajstić information content (AvgIpc) is 3.42. The first-order chi connectivity index (χ1) is 17.0. The van der Waals surface area contributed by atoms with Crippen LogP contribution in [0, 0.1) is 0 Å². The van der Waals surface area contributed by atoms with Gasteiger partial charge >= 0.3 is 5.88 Å². The highest BCUT2D eigenvalue weighted by atomic mass is 35.5. The molecule has 0 fully saturated rings. The minimum Gasteiger partial charge on any atom is -0.378 e. The maximum absolute atomic E-state index is 13.3. The Hall–Kier alpha value is -3.18. The third kappa shape index (κ3) is 6.09. The first-order valence-electron chi connectivity index (χ1n) is 10.4. The summed E-state index contributed by atoms with van der Waals surface area (Å²) >= 11 is 13.7. The lowest BCUT2D eigenvalue weighted by atomic mass is 10.2. The molecule has 1 aliphatic heterocycles. The predicted octanol–water partition coefficient (Wildman–Crippen LogP) is 4.03. The number of ether oxygens (including phenoxy) is 1. The molecule has 3 aromatic rings. The highest BCUT2D eigenvalue weighted by Gasteiger charge is 2.32. The molecule has 12 heteroatoms. The number of carbonyl (C=O) groups is 2. The van der Waals surface area contributed by atoms with Crippen LogP contribution in [0.2, 0.25) is 10.0 Å². The second kappa shape index (κ2) is 11.5. The maximum atomic E-state index is 13.3. The van der Waals surface area contributed by atoms with Gasteiger partial charge in [0.2, 0.25) is 17.7 Å². The summed E-state index contributed by atoms with van der Waals surface area (Å²) in [7, 11) is 1.58. The Bertz CT molecular complexity index is 1280. The van der Waals surface area contributed by atoms with Crippen LogP contribution in [-0.2, 0) is 20.9 Å². The van der Waals surface area contributed by atoms with E-state index in [4.69, 9.17) is 32.5 Å². The van der Waals surface area contributed by atoms with Gasteiger partial charge in [0.25, 0.3) is 12.1 Å². The number of amidine groups is 1. The Labute approximate surface area is 215 Å². The zero-order valence-electron chi connectivity index (χ0n) is 18.5. The number of hydrogen-bond donors (Lipinski definition) is 1. The van der Waals surface area contributed by atoms with Crippen molar-refractivity contribution in [3.8, 4) is 0 Å². The van der Waals surface area contributed by atoms with Crippen LogP contribution in [0.3, 0.4) is 0 Å². The van der Waals surface area contributed by atoms with E-state index in [9.17, 15) is 9.59 Å². The van der Waals surface area contributed by atoms with E-state index in [1.807, 2.05) is 18.2 Å². The first kappa shape index (κ1) is 24.9. The summed E-state index contributed by atoms with van der Waals surface area (Å²) in [5.74, 6) is -0.525. The van der Waals surface area contributed by atoms with Gasteiger partial charge in [0, 0.05) is 22.7 Å². The molecule has 1 aliphatic rings. The van der Waals surface area contributed by atoms with Gasteiger partial charge in [-0.3, -0.25) is 24.3 Å². The van der Waals surface area contributed by atoms with Gasteiger partial charge in [0.05, 0.1) is 11.4 Å². The summed E-state index contributed by atoms with van der Waals surface area (Å²) in [6, 6.07) is 14.1. The Morgan fingerprint density at radius 3 is 2.66 bits per heavy atom. The number of nitrogens with one attached hydrogen (secondary N) is 1. The number of anilines is 2. The second-order valence-corrected chi connectivity index (χ2v) is 8.95. The Morgan fingerprint density at radius 2 is 1.94 bits per heavy atom. The lowest BCUT2D eigenvalue weighted by molar-refractivity contribution is -0.763. The van der Waals surface area contributed by atoms with E-state index in [1.165, 1.54) is 9.58 Å². The quantitative estimate of drug-likeness (QED) is 0.347. The smallest absolute Gasteiger partial charge is 0.302 e. The van der Waals surface area contributed by atoms with Gasteiger partial charge in [0.1, 0.15) is 12.3 Å². The summed E-state index contributed by atoms with van der Waals surface area (Å²) in [5, 5.41) is 7.58. The summed E-state index contributed by atoms with van der Waals surface area (Å²) < 4.78 is 11.6. The molecule has 0 atom stereocenters. The van der Waals surface area contributed by atoms with Gasteiger partial charge in [-0.1, -0.05) is 59.2 Å². The van der Waals surface area contributed by atoms with E-state index < -0.39 is 0 Å². The van der Waals surface area contributed by atoms with E-state index in [-0.39, 0.29) is 29.1 Å². The monoisotopic (exact) mass is 532 g/mol. The molecule has 2 amide bonds. The number of thioether (sulfide) groups is 1. The lowest BCUT2D eigenvalue weighted by Crippen LogP contribution is -2.36. The standard InChI is InChI=1S/C23H19Cl2N5O4S/c1-33-11-10-29-13-21(34-28-29)27-20(31)14-35-23-26-19(12-16-17(24)8-5-9-18(16)25)22(32)30(23)15-6-3-2-4-7-15/h2-9,12-13H,10-11,14H2,1H3/p+1/b19-12-. The molecule has 2 aromatic carbocycles. The van der Waals surface area contributed by atoms with E-state index in [0.717, 1.165) is 11.8 Å². The fourth-order valence-electron chi connectivity index (χ4n) is 3.11. The van der Waals surface area contributed by atoms with Crippen LogP contribution >= 0.6 is 35.0 Å². The minimum absolute atomic E-state index is 0.0195. The van der Waals surface area contributed by atoms with Gasteiger partial charge in [0.15, 0.2) is 5.17 Å². The largest absolute Gasteiger partial charge is 0.378 e. The summed E-state index contributed by atoms with van der Waals surface area (Å²) in [5.41, 5.74) is 1.26. The van der Waals surface area contributed by atoms with Crippen molar-refractivity contribution in [3.63, 3.8) is 0 Å². The Morgan fingerprint density at radius 1 is 1.20 bits per heavy atom. The van der Waals surface area contributed by atoms with Crippen molar-refractivity contribution in [2.75, 3.05) is 29.7 Å². The first-order valence-corrected chi connectivity index (χ1v) is 12.1. The highest BCUT2D eigenvalue weighted by molar-refractivity contribution is 8.14. The molecule has 4 rings (SSSR count). The van der Waals surface area contributed by atoms with Crippen molar-refractivity contribution < 1.29 is 23.5 Å². The van der Waals surface area contributed by atoms with Gasteiger partial charge in [-0.15, -0.1) is 0 Å². The number of nitrogens with zero attached hydrogens (tertiary/aromatic N) is 4. The van der Waals surface area contributed by atoms with Crippen LogP contribution < -0.4 is 14.9 Å². The fourth-order valence-corrected chi connectivity index (χ4v) is 4.43. The summed E-state index contributed by atoms with van der Waals surface area (Å²) in [6.45, 7) is 0.943. The molecule has 0 unspecified atom stereocenters. The van der Waals surface area contributed by atoms with E-state index in [0.29, 0.717) is 39.6 Å². The normalized spacial score (nSPS) is 14.5. The van der Waals surface area contributed by atoms with Crippen LogP contribution in [0.5, 0.6) is 0 Å². The number of rotatable bonds is 8. The minimum atomic E-state index is -0.357. The van der Waals surface area contributed by atoms with Crippen LogP contribution in [0.25, 0.3) is 6.08 Å². The zero-order chi connectivity index (χ0) is 24.8. The third-order valence-corrected chi connectivity index (χ3v) is 6.35. The number of aliphatic imine (C=N–C) groups is 1. The predicted molar refractivity (Wildman–Crippen MR) is 135 cm³/mol. The molecular weight excluding hydrogens is 513 g/mol. The molecule has 1 aromatic heterocycles. The van der Waals surface area contributed by atoms with Crippen LogP contribution in [0.15, 0.2) is 69.9 Å². The maximum Gasteiger partial charge on any atom is 0.302 e. The summed E-state index contributed by atoms with van der Waals surface area (Å²) in [4.78, 5) is 31.7. The molecule has 0 spiro atoms. The van der Waals surface area contributed by atoms with Crippen molar-refractivity contribution in [2.45, 2.75) is 6.54 Å². The Kier molecular flexibility index (Phi) is 8.19. The van der Waals surface area contributed by atoms with Gasteiger partial charge in [-0.25, -0.2) is 4.99 Å². The van der Waals surface area contributed by atoms with Crippen molar-refractivity contribution in [3.05, 3.63) is 76.0 Å². The molecule has 180 valence electrons. The topological polar surface area (TPSA) is 101 Å². The molecular formula is C23H20Cl2N5O4S+. The van der Waals surface area contributed by atoms with Crippen molar-refractivity contribution in [2.24, 2.45) is 4.99 Å². The van der Waals surface area contributed by atoms with Gasteiger partial charge < -0.3 is 4.74 Å². The molecule has 0 saturated carbocycles. The molecule has 0 radical (unpaired) electrons. The molecule has 2 heterocycles. The molecule has 35 heavy (non-hydrogen) atoms. The number of methoxy groups -OCH3 is 1. The SMILES string of the molecule is COCC[n+]1cc(NC(=O)CSC2=N/C(=C\c3c(Cl)cccc3Cl)C(=O)N2c2ccccc2)on1. The average molecular weight is 533 g/mol. The molecule has 0 aliphatic carbocycles. The lowest BCUT2D eigenvalue weighted by Gasteiger charge is -2.17. The number of hydrogen-bond acceptors (Lipinski definition) is 7. The number of benzene rings is 2. The van der Waals surface area contributed by atoms with Crippen molar-refractivity contribution >= 4 is 69.6 Å². The van der Waals surface area contributed by atoms with Gasteiger partial charge in [-0.2, -0.15) is 0 Å². The second-order valence-electron chi connectivity index (χ2n) is 7.19. The third-order valence-electron chi connectivity index (χ3n) is 4.75. The number of aromatic nitrogens is 2. The molecule has 0 bridgehead atoms. The summed E-state index contributed by atoms with van der Waals surface area (Å²) in [6.07, 6.45) is 3.10. The number of halogens is 2. The number of amides is 2. The number of para-hydroxylation sites is 1. The van der Waals surface area contributed by atoms with E-state index in [1.54, 1.807) is 49.7 Å². The Balaban J connectivity index is 1.52. The van der Waals surface area contributed by atoms with Gasteiger partial charge in [-0.05, 0) is 35.0 Å². The molecule has 9 nitrogen and oxygen atoms in total. The van der Waals surface area contributed by atoms with Crippen molar-refractivity contribution in [1.82, 2.24) is 5.27 Å². The highest BCUT2D eigenvalue weighted by Crippen LogP contribution is 2.32. The van der Waals surface area contributed by atoms with Crippen molar-refractivity contribution in [1.29, 1.82) is 0 Å². The molecule has 0 saturated heterocycles. The molecule has 1 N–H and O–H groups in total. The van der Waals surface area contributed by atoms with Crippen LogP contribution in [0.1, 0.15) is 5.56 Å². The number of carbonyl (C=O) groups excluding carboxylic acids is 2.